The number of benzene rings is 2. The predicted octanol–water partition coefficient (Wildman–Crippen LogP) is 4.85. The van der Waals surface area contributed by atoms with Crippen LogP contribution in [0.4, 0.5) is 0 Å². The molecule has 0 amide bonds. The summed E-state index contributed by atoms with van der Waals surface area (Å²) in [5.74, 6) is -0.510. The quantitative estimate of drug-likeness (QED) is 0.481. The average Bonchev–Trinajstić information content (AvgIpc) is 3.17. The van der Waals surface area contributed by atoms with Crippen LogP contribution in [0.3, 0.4) is 0 Å². The van der Waals surface area contributed by atoms with Crippen LogP contribution in [0.25, 0.3) is 11.1 Å². The van der Waals surface area contributed by atoms with E-state index in [1.165, 1.54) is 6.92 Å². The van der Waals surface area contributed by atoms with Gasteiger partial charge in [-0.05, 0) is 41.8 Å². The molecule has 3 rings (SSSR count). The third kappa shape index (κ3) is 3.88. The average molecular weight is 361 g/mol. The molecule has 4 nitrogen and oxygen atoms in total. The lowest BCUT2D eigenvalue weighted by molar-refractivity contribution is 0.0478. The molecule has 3 aromatic rings. The van der Waals surface area contributed by atoms with Gasteiger partial charge in [0.15, 0.2) is 5.78 Å². The molecule has 0 aliphatic carbocycles. The molecule has 0 radical (unpaired) electrons. The molecule has 2 aromatic carbocycles. The molecule has 0 spiro atoms. The number of hydrogen-bond acceptors (Lipinski definition) is 5. The minimum atomic E-state index is -0.443. The summed E-state index contributed by atoms with van der Waals surface area (Å²) in [6.07, 6.45) is 0. The van der Waals surface area contributed by atoms with Gasteiger partial charge in [0.25, 0.3) is 0 Å². The number of rotatable bonds is 5. The molecule has 0 bridgehead atoms. The lowest BCUT2D eigenvalue weighted by atomic mass is 9.99. The highest BCUT2D eigenvalue weighted by Crippen LogP contribution is 2.24. The second kappa shape index (κ2) is 7.77. The summed E-state index contributed by atoms with van der Waals surface area (Å²) in [6.45, 7) is 1.61. The molecule has 0 fully saturated rings. The number of esters is 1. The van der Waals surface area contributed by atoms with E-state index in [4.69, 9.17) is 4.74 Å². The highest BCUT2D eigenvalue weighted by Gasteiger charge is 2.13. The number of ketones is 1. The third-order valence-electron chi connectivity index (χ3n) is 3.84. The van der Waals surface area contributed by atoms with Gasteiger partial charge in [0, 0.05) is 0 Å². The highest BCUT2D eigenvalue weighted by molar-refractivity contribution is 7.15. The molecule has 0 aliphatic rings. The molecule has 0 atom stereocenters. The first-order valence-corrected chi connectivity index (χ1v) is 8.76. The Balaban J connectivity index is 1.67. The Bertz CT molecular complexity index is 997. The Kier molecular flexibility index (Phi) is 5.26. The fourth-order valence-electron chi connectivity index (χ4n) is 2.47. The molecule has 26 heavy (non-hydrogen) atoms. The van der Waals surface area contributed by atoms with E-state index in [2.05, 4.69) is 6.07 Å². The second-order valence-corrected chi connectivity index (χ2v) is 6.73. The molecule has 5 heteroatoms. The summed E-state index contributed by atoms with van der Waals surface area (Å²) in [5, 5.41) is 9.20. The third-order valence-corrected chi connectivity index (χ3v) is 5.00. The smallest absolute Gasteiger partial charge is 0.348 e. The van der Waals surface area contributed by atoms with Crippen molar-refractivity contribution in [1.29, 1.82) is 5.26 Å². The maximum atomic E-state index is 12.1. The molecular weight excluding hydrogens is 346 g/mol. The number of ether oxygens (including phenoxy) is 1. The topological polar surface area (TPSA) is 67.2 Å². The van der Waals surface area contributed by atoms with Crippen LogP contribution in [-0.2, 0) is 11.3 Å². The van der Waals surface area contributed by atoms with E-state index in [-0.39, 0.29) is 12.4 Å². The van der Waals surface area contributed by atoms with Gasteiger partial charge in [-0.1, -0.05) is 42.5 Å². The van der Waals surface area contributed by atoms with E-state index < -0.39 is 5.97 Å². The standard InChI is InChI=1S/C21H15NO3S/c1-14(23)19-10-11-20(26-19)21(24)25-13-15-6-8-16(9-7-15)18-5-3-2-4-17(18)12-22/h2-11H,13H2,1H3. The van der Waals surface area contributed by atoms with Crippen LogP contribution in [0.5, 0.6) is 0 Å². The monoisotopic (exact) mass is 361 g/mol. The summed E-state index contributed by atoms with van der Waals surface area (Å²) in [6, 6.07) is 20.4. The van der Waals surface area contributed by atoms with Crippen LogP contribution in [0.2, 0.25) is 0 Å². The number of carbonyl (C=O) groups is 2. The van der Waals surface area contributed by atoms with Gasteiger partial charge < -0.3 is 4.74 Å². The van der Waals surface area contributed by atoms with Gasteiger partial charge in [0.2, 0.25) is 0 Å². The summed E-state index contributed by atoms with van der Waals surface area (Å²) in [7, 11) is 0. The summed E-state index contributed by atoms with van der Waals surface area (Å²) in [4.78, 5) is 24.3. The van der Waals surface area contributed by atoms with Crippen molar-refractivity contribution >= 4 is 23.1 Å². The van der Waals surface area contributed by atoms with Crippen molar-refractivity contribution in [2.75, 3.05) is 0 Å². The van der Waals surface area contributed by atoms with Gasteiger partial charge in [-0.15, -0.1) is 11.3 Å². The van der Waals surface area contributed by atoms with Crippen molar-refractivity contribution in [2.45, 2.75) is 13.5 Å². The Labute approximate surface area is 155 Å². The van der Waals surface area contributed by atoms with Crippen LogP contribution < -0.4 is 0 Å². The minimum absolute atomic E-state index is 0.0673. The molecule has 0 saturated heterocycles. The molecule has 0 unspecified atom stereocenters. The van der Waals surface area contributed by atoms with Crippen molar-refractivity contribution in [2.24, 2.45) is 0 Å². The zero-order valence-corrected chi connectivity index (χ0v) is 14.9. The van der Waals surface area contributed by atoms with Crippen LogP contribution in [-0.4, -0.2) is 11.8 Å². The van der Waals surface area contributed by atoms with Gasteiger partial charge >= 0.3 is 5.97 Å². The van der Waals surface area contributed by atoms with E-state index >= 15 is 0 Å². The van der Waals surface area contributed by atoms with Crippen molar-refractivity contribution in [1.82, 2.24) is 0 Å². The maximum absolute atomic E-state index is 12.1. The van der Waals surface area contributed by atoms with Gasteiger partial charge in [-0.2, -0.15) is 5.26 Å². The SMILES string of the molecule is CC(=O)c1ccc(C(=O)OCc2ccc(-c3ccccc3C#N)cc2)s1. The van der Waals surface area contributed by atoms with Crippen molar-refractivity contribution < 1.29 is 14.3 Å². The van der Waals surface area contributed by atoms with Crippen molar-refractivity contribution in [3.8, 4) is 17.2 Å². The first-order valence-electron chi connectivity index (χ1n) is 7.95. The first-order chi connectivity index (χ1) is 12.6. The Hall–Kier alpha value is -3.23. The Morgan fingerprint density at radius 1 is 1.00 bits per heavy atom. The number of carbonyl (C=O) groups excluding carboxylic acids is 2. The number of nitriles is 1. The lowest BCUT2D eigenvalue weighted by Gasteiger charge is -2.07. The van der Waals surface area contributed by atoms with Crippen molar-refractivity contribution in [3.63, 3.8) is 0 Å². The normalized spacial score (nSPS) is 10.2. The number of Topliss-reactive ketones (excluding diaryl/α,β-unsaturated/α-hetero) is 1. The Morgan fingerprint density at radius 2 is 1.69 bits per heavy atom. The van der Waals surface area contributed by atoms with Crippen LogP contribution >= 0.6 is 11.3 Å². The fraction of sp³-hybridized carbons (Fsp3) is 0.0952. The van der Waals surface area contributed by atoms with E-state index in [0.29, 0.717) is 15.3 Å². The lowest BCUT2D eigenvalue weighted by Crippen LogP contribution is -2.03. The maximum Gasteiger partial charge on any atom is 0.348 e. The highest BCUT2D eigenvalue weighted by atomic mass is 32.1. The fourth-order valence-corrected chi connectivity index (χ4v) is 3.26. The Morgan fingerprint density at radius 3 is 2.35 bits per heavy atom. The first kappa shape index (κ1) is 17.6. The molecule has 0 aliphatic heterocycles. The zero-order chi connectivity index (χ0) is 18.5. The molecule has 128 valence electrons. The van der Waals surface area contributed by atoms with Gasteiger partial charge in [-0.3, -0.25) is 4.79 Å². The van der Waals surface area contributed by atoms with Crippen molar-refractivity contribution in [3.05, 3.63) is 81.5 Å². The van der Waals surface area contributed by atoms with E-state index in [0.717, 1.165) is 28.0 Å². The zero-order valence-electron chi connectivity index (χ0n) is 14.1. The van der Waals surface area contributed by atoms with Crippen LogP contribution in [0.15, 0.2) is 60.7 Å². The molecule has 1 heterocycles. The largest absolute Gasteiger partial charge is 0.457 e. The minimum Gasteiger partial charge on any atom is -0.457 e. The number of nitrogens with zero attached hydrogens (tertiary/aromatic N) is 1. The van der Waals surface area contributed by atoms with E-state index in [9.17, 15) is 14.9 Å². The summed E-state index contributed by atoms with van der Waals surface area (Å²) in [5.41, 5.74) is 3.26. The van der Waals surface area contributed by atoms with Gasteiger partial charge in [-0.25, -0.2) is 4.79 Å². The molecule has 0 saturated carbocycles. The van der Waals surface area contributed by atoms with E-state index in [1.54, 1.807) is 18.2 Å². The summed E-state index contributed by atoms with van der Waals surface area (Å²) >= 11 is 1.13. The second-order valence-electron chi connectivity index (χ2n) is 5.65. The predicted molar refractivity (Wildman–Crippen MR) is 100 cm³/mol. The molecular formula is C21H15NO3S. The number of hydrogen-bond donors (Lipinski definition) is 0. The van der Waals surface area contributed by atoms with E-state index in [1.807, 2.05) is 42.5 Å². The van der Waals surface area contributed by atoms with Crippen LogP contribution in [0.1, 0.15) is 37.4 Å². The van der Waals surface area contributed by atoms with Crippen LogP contribution in [0, 0.1) is 11.3 Å². The van der Waals surface area contributed by atoms with Gasteiger partial charge in [0.05, 0.1) is 16.5 Å². The molecule has 0 N–H and O–H groups in total. The summed E-state index contributed by atoms with van der Waals surface area (Å²) < 4.78 is 5.31. The number of thiophene rings is 1. The molecule has 1 aromatic heterocycles. The van der Waals surface area contributed by atoms with Gasteiger partial charge in [0.1, 0.15) is 11.5 Å².